The van der Waals surface area contributed by atoms with E-state index in [1.165, 1.54) is 12.8 Å². The fourth-order valence-electron chi connectivity index (χ4n) is 1.88. The van der Waals surface area contributed by atoms with Crippen LogP contribution in [-0.4, -0.2) is 31.9 Å². The molecule has 0 aromatic heterocycles. The zero-order valence-electron chi connectivity index (χ0n) is 10.7. The van der Waals surface area contributed by atoms with Crippen LogP contribution < -0.4 is 4.90 Å². The molecule has 0 aliphatic heterocycles. The van der Waals surface area contributed by atoms with Crippen LogP contribution in [0.25, 0.3) is 0 Å². The molecule has 0 saturated heterocycles. The van der Waals surface area contributed by atoms with Crippen molar-refractivity contribution in [2.45, 2.75) is 19.4 Å². The van der Waals surface area contributed by atoms with E-state index in [1.807, 2.05) is 25.2 Å². The maximum atomic E-state index is 9.34. The highest BCUT2D eigenvalue weighted by atomic mass is 79.9. The molecule has 0 amide bonds. The molecule has 100 valence electrons. The quantitative estimate of drug-likeness (QED) is 0.786. The SMILES string of the molecule is CN(CCOCC1CC1)c1cc(Br)ccc1CO. The number of rotatable bonds is 7. The van der Waals surface area contributed by atoms with Crippen molar-refractivity contribution in [3.8, 4) is 0 Å². The van der Waals surface area contributed by atoms with Gasteiger partial charge >= 0.3 is 0 Å². The summed E-state index contributed by atoms with van der Waals surface area (Å²) in [4.78, 5) is 2.13. The van der Waals surface area contributed by atoms with E-state index in [-0.39, 0.29) is 6.61 Å². The van der Waals surface area contributed by atoms with Gasteiger partial charge < -0.3 is 14.7 Å². The van der Waals surface area contributed by atoms with Gasteiger partial charge in [-0.3, -0.25) is 0 Å². The molecule has 1 aromatic rings. The molecular weight excluding hydrogens is 294 g/mol. The average molecular weight is 314 g/mol. The molecule has 1 aliphatic rings. The van der Waals surface area contributed by atoms with E-state index in [0.29, 0.717) is 0 Å². The Kier molecular flexibility index (Phi) is 5.03. The molecule has 2 rings (SSSR count). The van der Waals surface area contributed by atoms with Gasteiger partial charge in [0.25, 0.3) is 0 Å². The van der Waals surface area contributed by atoms with E-state index in [9.17, 15) is 5.11 Å². The van der Waals surface area contributed by atoms with E-state index in [2.05, 4.69) is 20.8 Å². The van der Waals surface area contributed by atoms with Gasteiger partial charge in [-0.1, -0.05) is 22.0 Å². The lowest BCUT2D eigenvalue weighted by atomic mass is 10.2. The Hall–Kier alpha value is -0.580. The van der Waals surface area contributed by atoms with Gasteiger partial charge in [0.2, 0.25) is 0 Å². The summed E-state index contributed by atoms with van der Waals surface area (Å²) < 4.78 is 6.67. The van der Waals surface area contributed by atoms with Crippen LogP contribution in [0.3, 0.4) is 0 Å². The summed E-state index contributed by atoms with van der Waals surface area (Å²) in [5, 5.41) is 9.34. The number of aliphatic hydroxyl groups is 1. The Bertz CT molecular complexity index is 393. The summed E-state index contributed by atoms with van der Waals surface area (Å²) in [6, 6.07) is 5.93. The largest absolute Gasteiger partial charge is 0.392 e. The Morgan fingerprint density at radius 2 is 2.22 bits per heavy atom. The minimum atomic E-state index is 0.0654. The topological polar surface area (TPSA) is 32.7 Å². The second-order valence-corrected chi connectivity index (χ2v) is 5.79. The minimum absolute atomic E-state index is 0.0654. The highest BCUT2D eigenvalue weighted by Gasteiger charge is 2.21. The lowest BCUT2D eigenvalue weighted by molar-refractivity contribution is 0.131. The predicted octanol–water partition coefficient (Wildman–Crippen LogP) is 2.80. The Morgan fingerprint density at radius 1 is 1.44 bits per heavy atom. The third kappa shape index (κ3) is 3.97. The fraction of sp³-hybridized carbons (Fsp3) is 0.571. The third-order valence-electron chi connectivity index (χ3n) is 3.25. The van der Waals surface area contributed by atoms with Crippen LogP contribution in [0.5, 0.6) is 0 Å². The number of nitrogens with zero attached hydrogens (tertiary/aromatic N) is 1. The van der Waals surface area contributed by atoms with E-state index in [0.717, 1.165) is 41.4 Å². The first-order valence-corrected chi connectivity index (χ1v) is 7.18. The molecular formula is C14H20BrNO2. The summed E-state index contributed by atoms with van der Waals surface area (Å²) in [7, 11) is 2.03. The van der Waals surface area contributed by atoms with E-state index >= 15 is 0 Å². The van der Waals surface area contributed by atoms with Gasteiger partial charge in [-0.25, -0.2) is 0 Å². The Labute approximate surface area is 117 Å². The molecule has 1 N–H and O–H groups in total. The van der Waals surface area contributed by atoms with E-state index in [1.54, 1.807) is 0 Å². The number of benzene rings is 1. The number of ether oxygens (including phenoxy) is 1. The molecule has 0 spiro atoms. The molecule has 0 heterocycles. The molecule has 4 heteroatoms. The standard InChI is InChI=1S/C14H20BrNO2/c1-16(6-7-18-10-11-2-3-11)14-8-13(15)5-4-12(14)9-17/h4-5,8,11,17H,2-3,6-7,9-10H2,1H3. The number of hydrogen-bond acceptors (Lipinski definition) is 3. The molecule has 1 aliphatic carbocycles. The van der Waals surface area contributed by atoms with Gasteiger partial charge in [0, 0.05) is 35.9 Å². The van der Waals surface area contributed by atoms with Crippen molar-refractivity contribution in [2.24, 2.45) is 5.92 Å². The highest BCUT2D eigenvalue weighted by Crippen LogP contribution is 2.29. The smallest absolute Gasteiger partial charge is 0.0702 e. The molecule has 3 nitrogen and oxygen atoms in total. The maximum Gasteiger partial charge on any atom is 0.0702 e. The van der Waals surface area contributed by atoms with Gasteiger partial charge in [-0.05, 0) is 30.9 Å². The lowest BCUT2D eigenvalue weighted by Gasteiger charge is -2.22. The van der Waals surface area contributed by atoms with Crippen LogP contribution in [0.15, 0.2) is 22.7 Å². The van der Waals surface area contributed by atoms with Gasteiger partial charge in [-0.15, -0.1) is 0 Å². The second kappa shape index (κ2) is 6.55. The van der Waals surface area contributed by atoms with Crippen LogP contribution in [0.1, 0.15) is 18.4 Å². The summed E-state index contributed by atoms with van der Waals surface area (Å²) >= 11 is 3.46. The molecule has 0 unspecified atom stereocenters. The lowest BCUT2D eigenvalue weighted by Crippen LogP contribution is -2.24. The molecule has 0 bridgehead atoms. The van der Waals surface area contributed by atoms with Gasteiger partial charge in [0.15, 0.2) is 0 Å². The first-order valence-electron chi connectivity index (χ1n) is 6.39. The molecule has 1 fully saturated rings. The number of anilines is 1. The van der Waals surface area contributed by atoms with Crippen LogP contribution in [0.2, 0.25) is 0 Å². The predicted molar refractivity (Wildman–Crippen MR) is 76.9 cm³/mol. The van der Waals surface area contributed by atoms with Crippen molar-refractivity contribution < 1.29 is 9.84 Å². The summed E-state index contributed by atoms with van der Waals surface area (Å²) in [6.45, 7) is 2.55. The molecule has 18 heavy (non-hydrogen) atoms. The highest BCUT2D eigenvalue weighted by molar-refractivity contribution is 9.10. The van der Waals surface area contributed by atoms with Crippen molar-refractivity contribution in [3.63, 3.8) is 0 Å². The van der Waals surface area contributed by atoms with Crippen molar-refractivity contribution in [3.05, 3.63) is 28.2 Å². The zero-order chi connectivity index (χ0) is 13.0. The van der Waals surface area contributed by atoms with Crippen molar-refractivity contribution in [1.82, 2.24) is 0 Å². The fourth-order valence-corrected chi connectivity index (χ4v) is 2.23. The minimum Gasteiger partial charge on any atom is -0.392 e. The van der Waals surface area contributed by atoms with E-state index < -0.39 is 0 Å². The number of likely N-dealkylation sites (N-methyl/N-ethyl adjacent to an activating group) is 1. The van der Waals surface area contributed by atoms with Crippen LogP contribution in [0, 0.1) is 5.92 Å². The zero-order valence-corrected chi connectivity index (χ0v) is 12.3. The molecule has 0 radical (unpaired) electrons. The summed E-state index contributed by atoms with van der Waals surface area (Å²) in [5.74, 6) is 0.814. The molecule has 1 aromatic carbocycles. The molecule has 1 saturated carbocycles. The number of halogens is 1. The van der Waals surface area contributed by atoms with Crippen molar-refractivity contribution in [1.29, 1.82) is 0 Å². The normalized spacial score (nSPS) is 14.8. The average Bonchev–Trinajstić information content (AvgIpc) is 3.18. The van der Waals surface area contributed by atoms with Gasteiger partial charge in [0.1, 0.15) is 0 Å². The first kappa shape index (κ1) is 13.8. The van der Waals surface area contributed by atoms with E-state index in [4.69, 9.17) is 4.74 Å². The summed E-state index contributed by atoms with van der Waals surface area (Å²) in [6.07, 6.45) is 2.66. The summed E-state index contributed by atoms with van der Waals surface area (Å²) in [5.41, 5.74) is 2.00. The van der Waals surface area contributed by atoms with Crippen molar-refractivity contribution >= 4 is 21.6 Å². The number of hydrogen-bond donors (Lipinski definition) is 1. The molecule has 0 atom stereocenters. The van der Waals surface area contributed by atoms with Crippen molar-refractivity contribution in [2.75, 3.05) is 31.7 Å². The monoisotopic (exact) mass is 313 g/mol. The Balaban J connectivity index is 1.85. The third-order valence-corrected chi connectivity index (χ3v) is 3.74. The Morgan fingerprint density at radius 3 is 2.89 bits per heavy atom. The first-order chi connectivity index (χ1) is 8.70. The van der Waals surface area contributed by atoms with Crippen LogP contribution >= 0.6 is 15.9 Å². The van der Waals surface area contributed by atoms with Gasteiger partial charge in [0.05, 0.1) is 13.2 Å². The second-order valence-electron chi connectivity index (χ2n) is 4.87. The number of aliphatic hydroxyl groups excluding tert-OH is 1. The van der Waals surface area contributed by atoms with Crippen LogP contribution in [0.4, 0.5) is 5.69 Å². The maximum absolute atomic E-state index is 9.34. The van der Waals surface area contributed by atoms with Gasteiger partial charge in [-0.2, -0.15) is 0 Å². The van der Waals surface area contributed by atoms with Crippen LogP contribution in [-0.2, 0) is 11.3 Å².